The molecule has 5 nitrogen and oxygen atoms in total. The first-order valence-electron chi connectivity index (χ1n) is 8.16. The Morgan fingerprint density at radius 3 is 2.54 bits per heavy atom. The Labute approximate surface area is 150 Å². The van der Waals surface area contributed by atoms with Gasteiger partial charge in [0.2, 0.25) is 6.79 Å². The molecule has 1 heterocycles. The molecule has 5 heteroatoms. The summed E-state index contributed by atoms with van der Waals surface area (Å²) in [6.07, 6.45) is 0. The van der Waals surface area contributed by atoms with Crippen LogP contribution in [0.5, 0.6) is 23.0 Å². The van der Waals surface area contributed by atoms with Crippen LogP contribution in [0.4, 0.5) is 0 Å². The van der Waals surface area contributed by atoms with Gasteiger partial charge in [0.25, 0.3) is 0 Å². The molecule has 0 saturated heterocycles. The molecule has 0 radical (unpaired) electrons. The standard InChI is InChI=1S/C21H16O5/c22-21(23-13-15-9-10-19-20(11-15)25-14-24-19)16-5-4-8-18(12-16)26-17-6-2-1-3-7-17/h1-12H,13-14H2. The van der Waals surface area contributed by atoms with Crippen LogP contribution in [0.2, 0.25) is 0 Å². The van der Waals surface area contributed by atoms with Crippen LogP contribution in [-0.4, -0.2) is 12.8 Å². The number of para-hydroxylation sites is 1. The fourth-order valence-corrected chi connectivity index (χ4v) is 2.57. The van der Waals surface area contributed by atoms with Gasteiger partial charge in [0.05, 0.1) is 5.56 Å². The number of ether oxygens (including phenoxy) is 4. The molecule has 0 spiro atoms. The highest BCUT2D eigenvalue weighted by Crippen LogP contribution is 2.32. The van der Waals surface area contributed by atoms with Gasteiger partial charge in [-0.15, -0.1) is 0 Å². The average Bonchev–Trinajstić information content (AvgIpc) is 3.15. The second kappa shape index (κ2) is 7.19. The number of hydrogen-bond acceptors (Lipinski definition) is 5. The van der Waals surface area contributed by atoms with E-state index in [4.69, 9.17) is 18.9 Å². The van der Waals surface area contributed by atoms with Gasteiger partial charge < -0.3 is 18.9 Å². The number of esters is 1. The van der Waals surface area contributed by atoms with E-state index in [1.807, 2.05) is 42.5 Å². The molecule has 0 fully saturated rings. The quantitative estimate of drug-likeness (QED) is 0.633. The first-order chi connectivity index (χ1) is 12.8. The highest BCUT2D eigenvalue weighted by molar-refractivity contribution is 5.89. The Kier molecular flexibility index (Phi) is 4.43. The fourth-order valence-electron chi connectivity index (χ4n) is 2.57. The van der Waals surface area contributed by atoms with E-state index in [2.05, 4.69) is 0 Å². The highest BCUT2D eigenvalue weighted by atomic mass is 16.7. The SMILES string of the molecule is O=C(OCc1ccc2c(c1)OCO2)c1cccc(Oc2ccccc2)c1. The fraction of sp³-hybridized carbons (Fsp3) is 0.0952. The average molecular weight is 348 g/mol. The van der Waals surface area contributed by atoms with Crippen LogP contribution in [-0.2, 0) is 11.3 Å². The predicted octanol–water partition coefficient (Wildman–Crippen LogP) is 4.56. The molecule has 0 amide bonds. The number of hydrogen-bond donors (Lipinski definition) is 0. The summed E-state index contributed by atoms with van der Waals surface area (Å²) in [5, 5.41) is 0. The van der Waals surface area contributed by atoms with Gasteiger partial charge in [-0.25, -0.2) is 4.79 Å². The predicted molar refractivity (Wildman–Crippen MR) is 94.6 cm³/mol. The van der Waals surface area contributed by atoms with Crippen LogP contribution < -0.4 is 14.2 Å². The summed E-state index contributed by atoms with van der Waals surface area (Å²) in [5.41, 5.74) is 1.26. The van der Waals surface area contributed by atoms with Crippen molar-refractivity contribution in [2.45, 2.75) is 6.61 Å². The summed E-state index contributed by atoms with van der Waals surface area (Å²) in [7, 11) is 0. The second-order valence-electron chi connectivity index (χ2n) is 5.71. The molecule has 1 aliphatic rings. The third-order valence-electron chi connectivity index (χ3n) is 3.86. The summed E-state index contributed by atoms with van der Waals surface area (Å²) < 4.78 is 21.7. The minimum absolute atomic E-state index is 0.152. The second-order valence-corrected chi connectivity index (χ2v) is 5.71. The molecule has 3 aromatic carbocycles. The Hall–Kier alpha value is -3.47. The third-order valence-corrected chi connectivity index (χ3v) is 3.86. The summed E-state index contributed by atoms with van der Waals surface area (Å²) >= 11 is 0. The lowest BCUT2D eigenvalue weighted by atomic mass is 10.2. The molecule has 0 atom stereocenters. The van der Waals surface area contributed by atoms with Crippen LogP contribution >= 0.6 is 0 Å². The van der Waals surface area contributed by atoms with Crippen molar-refractivity contribution in [3.63, 3.8) is 0 Å². The van der Waals surface area contributed by atoms with Gasteiger partial charge in [0, 0.05) is 0 Å². The Morgan fingerprint density at radius 2 is 1.65 bits per heavy atom. The molecule has 26 heavy (non-hydrogen) atoms. The largest absolute Gasteiger partial charge is 0.457 e. The van der Waals surface area contributed by atoms with E-state index in [1.165, 1.54) is 0 Å². The number of carbonyl (C=O) groups excluding carboxylic acids is 1. The number of rotatable bonds is 5. The first kappa shape index (κ1) is 16.0. The smallest absolute Gasteiger partial charge is 0.338 e. The van der Waals surface area contributed by atoms with E-state index in [0.717, 1.165) is 5.56 Å². The van der Waals surface area contributed by atoms with Crippen molar-refractivity contribution in [3.8, 4) is 23.0 Å². The van der Waals surface area contributed by atoms with Gasteiger partial charge >= 0.3 is 5.97 Å². The molecule has 0 unspecified atom stereocenters. The minimum atomic E-state index is -0.416. The van der Waals surface area contributed by atoms with Gasteiger partial charge in [0.1, 0.15) is 18.1 Å². The van der Waals surface area contributed by atoms with Crippen molar-refractivity contribution in [3.05, 3.63) is 83.9 Å². The molecule has 0 aliphatic carbocycles. The lowest BCUT2D eigenvalue weighted by Crippen LogP contribution is -2.05. The van der Waals surface area contributed by atoms with Gasteiger partial charge in [-0.3, -0.25) is 0 Å². The summed E-state index contributed by atoms with van der Waals surface area (Å²) in [6, 6.07) is 21.8. The molecule has 3 aromatic rings. The maximum atomic E-state index is 12.3. The lowest BCUT2D eigenvalue weighted by molar-refractivity contribution is 0.0472. The maximum absolute atomic E-state index is 12.3. The third kappa shape index (κ3) is 3.62. The monoisotopic (exact) mass is 348 g/mol. The van der Waals surface area contributed by atoms with Crippen molar-refractivity contribution in [1.29, 1.82) is 0 Å². The Balaban J connectivity index is 1.41. The van der Waals surface area contributed by atoms with Gasteiger partial charge in [0.15, 0.2) is 11.5 Å². The van der Waals surface area contributed by atoms with Crippen molar-refractivity contribution >= 4 is 5.97 Å². The van der Waals surface area contributed by atoms with Crippen LogP contribution in [0, 0.1) is 0 Å². The van der Waals surface area contributed by atoms with Crippen LogP contribution in [0.3, 0.4) is 0 Å². The molecular formula is C21H16O5. The Morgan fingerprint density at radius 1 is 0.846 bits per heavy atom. The van der Waals surface area contributed by atoms with Crippen molar-refractivity contribution in [2.75, 3.05) is 6.79 Å². The van der Waals surface area contributed by atoms with Crippen LogP contribution in [0.1, 0.15) is 15.9 Å². The summed E-state index contributed by atoms with van der Waals surface area (Å²) in [4.78, 5) is 12.3. The molecule has 0 bridgehead atoms. The number of carbonyl (C=O) groups is 1. The van der Waals surface area contributed by atoms with E-state index in [9.17, 15) is 4.79 Å². The molecule has 0 aromatic heterocycles. The van der Waals surface area contributed by atoms with Crippen LogP contribution in [0.15, 0.2) is 72.8 Å². The van der Waals surface area contributed by atoms with Gasteiger partial charge in [-0.2, -0.15) is 0 Å². The van der Waals surface area contributed by atoms with Gasteiger partial charge in [-0.1, -0.05) is 30.3 Å². The Bertz CT molecular complexity index is 921. The van der Waals surface area contributed by atoms with Crippen molar-refractivity contribution in [2.24, 2.45) is 0 Å². The van der Waals surface area contributed by atoms with E-state index < -0.39 is 5.97 Å². The zero-order valence-corrected chi connectivity index (χ0v) is 13.9. The number of benzene rings is 3. The molecular weight excluding hydrogens is 332 g/mol. The summed E-state index contributed by atoms with van der Waals surface area (Å²) in [6.45, 7) is 0.367. The van der Waals surface area contributed by atoms with Crippen LogP contribution in [0.25, 0.3) is 0 Å². The first-order valence-corrected chi connectivity index (χ1v) is 8.16. The van der Waals surface area contributed by atoms with Crippen molar-refractivity contribution < 1.29 is 23.7 Å². The normalized spacial score (nSPS) is 11.8. The minimum Gasteiger partial charge on any atom is -0.457 e. The summed E-state index contributed by atoms with van der Waals surface area (Å²) in [5.74, 6) is 2.23. The molecule has 4 rings (SSSR count). The maximum Gasteiger partial charge on any atom is 0.338 e. The van der Waals surface area contributed by atoms with E-state index in [1.54, 1.807) is 30.3 Å². The lowest BCUT2D eigenvalue weighted by Gasteiger charge is -2.08. The molecule has 130 valence electrons. The molecule has 1 aliphatic heterocycles. The topological polar surface area (TPSA) is 54.0 Å². The van der Waals surface area contributed by atoms with Gasteiger partial charge in [-0.05, 0) is 48.0 Å². The highest BCUT2D eigenvalue weighted by Gasteiger charge is 2.14. The van der Waals surface area contributed by atoms with E-state index in [-0.39, 0.29) is 13.4 Å². The van der Waals surface area contributed by atoms with E-state index in [0.29, 0.717) is 28.6 Å². The zero-order chi connectivity index (χ0) is 17.8. The molecule has 0 N–H and O–H groups in total. The zero-order valence-electron chi connectivity index (χ0n) is 13.9. The number of fused-ring (bicyclic) bond motifs is 1. The van der Waals surface area contributed by atoms with Crippen molar-refractivity contribution in [1.82, 2.24) is 0 Å². The van der Waals surface area contributed by atoms with E-state index >= 15 is 0 Å². The molecule has 0 saturated carbocycles.